The Morgan fingerprint density at radius 1 is 1.42 bits per heavy atom. The van der Waals surface area contributed by atoms with Crippen LogP contribution in [-0.2, 0) is 0 Å². The molecule has 0 aliphatic carbocycles. The molecule has 0 aliphatic heterocycles. The second kappa shape index (κ2) is 3.90. The summed E-state index contributed by atoms with van der Waals surface area (Å²) in [7, 11) is 0. The lowest BCUT2D eigenvalue weighted by atomic mass is 10.2. The van der Waals surface area contributed by atoms with Crippen molar-refractivity contribution in [2.45, 2.75) is 6.42 Å². The minimum absolute atomic E-state index is 0.0567. The summed E-state index contributed by atoms with van der Waals surface area (Å²) in [4.78, 5) is 0. The molecule has 0 unspecified atom stereocenters. The molecule has 2 heteroatoms. The van der Waals surface area contributed by atoms with E-state index >= 15 is 0 Å². The van der Waals surface area contributed by atoms with Gasteiger partial charge in [0.1, 0.15) is 11.6 Å². The zero-order valence-electron chi connectivity index (χ0n) is 6.63. The Bertz CT molecular complexity index is 272. The van der Waals surface area contributed by atoms with E-state index in [1.165, 1.54) is 12.1 Å². The zero-order chi connectivity index (χ0) is 8.97. The molecule has 0 amide bonds. The number of halogens is 1. The van der Waals surface area contributed by atoms with Gasteiger partial charge in [0.2, 0.25) is 0 Å². The van der Waals surface area contributed by atoms with Crippen LogP contribution >= 0.6 is 0 Å². The molecule has 0 spiro atoms. The van der Waals surface area contributed by atoms with Gasteiger partial charge < -0.3 is 5.11 Å². The van der Waals surface area contributed by atoms with Crippen LogP contribution in [0.1, 0.15) is 12.0 Å². The summed E-state index contributed by atoms with van der Waals surface area (Å²) in [6, 6.07) is 3.92. The van der Waals surface area contributed by atoms with Crippen LogP contribution in [0.2, 0.25) is 0 Å². The highest BCUT2D eigenvalue weighted by Crippen LogP contribution is 2.15. The Hall–Kier alpha value is -1.31. The number of hydrogen-bond donors (Lipinski definition) is 1. The van der Waals surface area contributed by atoms with Crippen molar-refractivity contribution < 1.29 is 9.50 Å². The van der Waals surface area contributed by atoms with E-state index in [2.05, 4.69) is 6.92 Å². The number of phenols is 1. The molecule has 0 fully saturated rings. The maximum atomic E-state index is 12.6. The van der Waals surface area contributed by atoms with E-state index in [4.69, 9.17) is 5.11 Å². The maximum Gasteiger partial charge on any atom is 0.127 e. The van der Waals surface area contributed by atoms with Gasteiger partial charge in [0.15, 0.2) is 0 Å². The number of phenolic OH excluding ortho intramolecular Hbond substituents is 1. The van der Waals surface area contributed by atoms with E-state index in [0.29, 0.717) is 12.0 Å². The summed E-state index contributed by atoms with van der Waals surface area (Å²) >= 11 is 0. The Morgan fingerprint density at radius 2 is 2.17 bits per heavy atom. The van der Waals surface area contributed by atoms with Crippen molar-refractivity contribution in [1.29, 1.82) is 0 Å². The molecule has 63 valence electrons. The van der Waals surface area contributed by atoms with Crippen molar-refractivity contribution in [3.63, 3.8) is 0 Å². The predicted octanol–water partition coefficient (Wildman–Crippen LogP) is 2.77. The highest BCUT2D eigenvalue weighted by molar-refractivity contribution is 5.51. The molecule has 0 aromatic heterocycles. The molecule has 1 nitrogen and oxygen atoms in total. The number of allylic oxidation sites excluding steroid dienone is 1. The molecule has 0 bridgehead atoms. The molecule has 1 radical (unpaired) electrons. The number of hydrogen-bond acceptors (Lipinski definition) is 1. The first-order chi connectivity index (χ1) is 5.72. The van der Waals surface area contributed by atoms with Crippen LogP contribution in [0.25, 0.3) is 6.08 Å². The van der Waals surface area contributed by atoms with Gasteiger partial charge in [-0.1, -0.05) is 12.2 Å². The van der Waals surface area contributed by atoms with E-state index in [0.717, 1.165) is 6.07 Å². The lowest BCUT2D eigenvalue weighted by molar-refractivity contribution is 0.469. The molecular formula is C10H10FO. The van der Waals surface area contributed by atoms with Gasteiger partial charge in [-0.05, 0) is 31.0 Å². The van der Waals surface area contributed by atoms with E-state index in [1.807, 2.05) is 0 Å². The molecule has 0 atom stereocenters. The fraction of sp³-hybridized carbons (Fsp3) is 0.100. The third kappa shape index (κ3) is 2.38. The van der Waals surface area contributed by atoms with Crippen molar-refractivity contribution in [3.8, 4) is 5.75 Å². The van der Waals surface area contributed by atoms with E-state index in [9.17, 15) is 4.39 Å². The van der Waals surface area contributed by atoms with Crippen LogP contribution in [0.4, 0.5) is 4.39 Å². The second-order valence-electron chi connectivity index (χ2n) is 2.43. The first kappa shape index (κ1) is 8.78. The van der Waals surface area contributed by atoms with Gasteiger partial charge in [0.25, 0.3) is 0 Å². The SMILES string of the molecule is [CH2]CC=Cc1cc(O)cc(F)c1. The molecule has 0 heterocycles. The molecule has 0 saturated heterocycles. The molecule has 0 saturated carbocycles. The monoisotopic (exact) mass is 165 g/mol. The largest absolute Gasteiger partial charge is 0.508 e. The summed E-state index contributed by atoms with van der Waals surface area (Å²) in [5.41, 5.74) is 0.649. The lowest BCUT2D eigenvalue weighted by Gasteiger charge is -1.95. The normalized spacial score (nSPS) is 10.8. The summed E-state index contributed by atoms with van der Waals surface area (Å²) in [6.07, 6.45) is 4.17. The molecule has 12 heavy (non-hydrogen) atoms. The molecule has 1 rings (SSSR count). The Balaban J connectivity index is 2.93. The van der Waals surface area contributed by atoms with Gasteiger partial charge >= 0.3 is 0 Å². The predicted molar refractivity (Wildman–Crippen MR) is 47.1 cm³/mol. The van der Waals surface area contributed by atoms with Crippen LogP contribution in [0.5, 0.6) is 5.75 Å². The molecule has 1 aromatic rings. The zero-order valence-corrected chi connectivity index (χ0v) is 6.63. The standard InChI is InChI=1S/C10H10FO/c1-2-3-4-8-5-9(11)7-10(12)6-8/h3-7,12H,1-2H2. The van der Waals surface area contributed by atoms with Gasteiger partial charge in [0.05, 0.1) is 0 Å². The molecular weight excluding hydrogens is 155 g/mol. The molecule has 1 N–H and O–H groups in total. The van der Waals surface area contributed by atoms with Gasteiger partial charge in [-0.15, -0.1) is 0 Å². The smallest absolute Gasteiger partial charge is 0.127 e. The van der Waals surface area contributed by atoms with Gasteiger partial charge in [-0.25, -0.2) is 4.39 Å². The van der Waals surface area contributed by atoms with Crippen molar-refractivity contribution in [2.24, 2.45) is 0 Å². The second-order valence-corrected chi connectivity index (χ2v) is 2.43. The quantitative estimate of drug-likeness (QED) is 0.714. The van der Waals surface area contributed by atoms with Gasteiger partial charge in [-0.2, -0.15) is 0 Å². The Morgan fingerprint density at radius 3 is 2.75 bits per heavy atom. The first-order valence-electron chi connectivity index (χ1n) is 3.67. The summed E-state index contributed by atoms with van der Waals surface area (Å²) in [6.45, 7) is 3.60. The Kier molecular flexibility index (Phi) is 2.86. The highest BCUT2D eigenvalue weighted by Gasteiger charge is 1.95. The average Bonchev–Trinajstić information content (AvgIpc) is 1.99. The third-order valence-corrected chi connectivity index (χ3v) is 1.38. The summed E-state index contributed by atoms with van der Waals surface area (Å²) in [5.74, 6) is -0.488. The minimum Gasteiger partial charge on any atom is -0.508 e. The van der Waals surface area contributed by atoms with Crippen LogP contribution in [-0.4, -0.2) is 5.11 Å². The molecule has 1 aromatic carbocycles. The number of aromatic hydroxyl groups is 1. The first-order valence-corrected chi connectivity index (χ1v) is 3.67. The maximum absolute atomic E-state index is 12.6. The highest BCUT2D eigenvalue weighted by atomic mass is 19.1. The van der Waals surface area contributed by atoms with E-state index in [-0.39, 0.29) is 5.75 Å². The summed E-state index contributed by atoms with van der Waals surface area (Å²) in [5, 5.41) is 9.00. The third-order valence-electron chi connectivity index (χ3n) is 1.38. The number of rotatable bonds is 2. The fourth-order valence-electron chi connectivity index (χ4n) is 0.912. The van der Waals surface area contributed by atoms with E-state index in [1.54, 1.807) is 12.2 Å². The topological polar surface area (TPSA) is 20.2 Å². The average molecular weight is 165 g/mol. The van der Waals surface area contributed by atoms with Crippen LogP contribution in [0.3, 0.4) is 0 Å². The minimum atomic E-state index is -0.432. The van der Waals surface area contributed by atoms with Gasteiger partial charge in [0, 0.05) is 6.07 Å². The van der Waals surface area contributed by atoms with Crippen molar-refractivity contribution >= 4 is 6.08 Å². The fourth-order valence-corrected chi connectivity index (χ4v) is 0.912. The summed E-state index contributed by atoms with van der Waals surface area (Å²) < 4.78 is 12.6. The van der Waals surface area contributed by atoms with Crippen LogP contribution in [0, 0.1) is 12.7 Å². The van der Waals surface area contributed by atoms with Crippen LogP contribution in [0.15, 0.2) is 24.3 Å². The van der Waals surface area contributed by atoms with Crippen molar-refractivity contribution in [2.75, 3.05) is 0 Å². The van der Waals surface area contributed by atoms with Crippen molar-refractivity contribution in [3.05, 3.63) is 42.6 Å². The van der Waals surface area contributed by atoms with Crippen LogP contribution < -0.4 is 0 Å². The van der Waals surface area contributed by atoms with Gasteiger partial charge in [-0.3, -0.25) is 0 Å². The van der Waals surface area contributed by atoms with Crippen molar-refractivity contribution in [1.82, 2.24) is 0 Å². The van der Waals surface area contributed by atoms with E-state index < -0.39 is 5.82 Å². The Labute approximate surface area is 71.2 Å². The molecule has 0 aliphatic rings. The lowest BCUT2D eigenvalue weighted by Crippen LogP contribution is -1.76. The number of benzene rings is 1.